The van der Waals surface area contributed by atoms with Crippen molar-refractivity contribution in [1.82, 2.24) is 0 Å². The third-order valence-electron chi connectivity index (χ3n) is 1.05. The van der Waals surface area contributed by atoms with E-state index in [0.29, 0.717) is 0 Å². The molecule has 1 rings (SSSR count). The van der Waals surface area contributed by atoms with E-state index in [1.165, 1.54) is 5.56 Å². The first-order valence-electron chi connectivity index (χ1n) is 3.46. The van der Waals surface area contributed by atoms with E-state index in [0.717, 1.165) is 0 Å². The van der Waals surface area contributed by atoms with Crippen LogP contribution in [0.4, 0.5) is 0 Å². The summed E-state index contributed by atoms with van der Waals surface area (Å²) in [5, 5.41) is 7.71. The van der Waals surface area contributed by atoms with E-state index in [1.54, 1.807) is 0 Å². The third-order valence-corrected chi connectivity index (χ3v) is 1.53. The molecule has 0 aromatic heterocycles. The van der Waals surface area contributed by atoms with Crippen LogP contribution in [0.2, 0.25) is 0 Å². The van der Waals surface area contributed by atoms with Crippen molar-refractivity contribution in [2.45, 2.75) is 6.92 Å². The molecule has 66 valence electrons. The number of benzene rings is 1. The number of hydrogen-bond acceptors (Lipinski definition) is 1. The van der Waals surface area contributed by atoms with Crippen molar-refractivity contribution in [1.29, 1.82) is 0 Å². The van der Waals surface area contributed by atoms with Crippen LogP contribution in [0.15, 0.2) is 30.3 Å². The van der Waals surface area contributed by atoms with Crippen molar-refractivity contribution < 1.29 is 9.90 Å². The standard InChI is InChI=1S/C7H8.C2H3BrO2/c1-7-5-3-2-4-6-7;3-1-2(4)5/h2-6H,1H3;1H2,(H,4,5). The number of carbonyl (C=O) groups is 1. The van der Waals surface area contributed by atoms with Crippen LogP contribution in [0.5, 0.6) is 0 Å². The Morgan fingerprint density at radius 2 is 1.83 bits per heavy atom. The first-order valence-corrected chi connectivity index (χ1v) is 4.58. The first kappa shape index (κ1) is 11.2. The molecule has 0 saturated carbocycles. The van der Waals surface area contributed by atoms with Crippen molar-refractivity contribution >= 4 is 21.9 Å². The molecule has 0 atom stereocenters. The zero-order valence-corrected chi connectivity index (χ0v) is 8.41. The molecule has 0 aliphatic heterocycles. The van der Waals surface area contributed by atoms with E-state index in [1.807, 2.05) is 18.2 Å². The number of alkyl halides is 1. The zero-order chi connectivity index (χ0) is 9.40. The molecule has 3 heteroatoms. The molecule has 0 unspecified atom stereocenters. The van der Waals surface area contributed by atoms with Gasteiger partial charge in [0.1, 0.15) is 5.33 Å². The van der Waals surface area contributed by atoms with E-state index < -0.39 is 5.97 Å². The Balaban J connectivity index is 0.000000217. The maximum absolute atomic E-state index is 9.32. The molecule has 0 aliphatic rings. The summed E-state index contributed by atoms with van der Waals surface area (Å²) >= 11 is 2.71. The van der Waals surface area contributed by atoms with E-state index in [4.69, 9.17) is 5.11 Å². The molecule has 0 amide bonds. The molecule has 0 aliphatic carbocycles. The Morgan fingerprint density at radius 3 is 2.00 bits per heavy atom. The third kappa shape index (κ3) is 7.28. The van der Waals surface area contributed by atoms with Crippen molar-refractivity contribution in [2.75, 3.05) is 5.33 Å². The van der Waals surface area contributed by atoms with E-state index in [2.05, 4.69) is 35.0 Å². The molecule has 0 spiro atoms. The van der Waals surface area contributed by atoms with Gasteiger partial charge in [0.25, 0.3) is 0 Å². The molecule has 0 bridgehead atoms. The summed E-state index contributed by atoms with van der Waals surface area (Å²) in [6, 6.07) is 10.3. The Bertz CT molecular complexity index is 221. The fraction of sp³-hybridized carbons (Fsp3) is 0.222. The normalized spacial score (nSPS) is 8.17. The fourth-order valence-corrected chi connectivity index (χ4v) is 0.534. The van der Waals surface area contributed by atoms with Crippen molar-refractivity contribution in [3.8, 4) is 0 Å². The number of aryl methyl sites for hydroxylation is 1. The largest absolute Gasteiger partial charge is 0.481 e. The summed E-state index contributed by atoms with van der Waals surface area (Å²) in [5.74, 6) is -0.829. The predicted molar refractivity (Wildman–Crippen MR) is 52.6 cm³/mol. The van der Waals surface area contributed by atoms with Gasteiger partial charge in [0.05, 0.1) is 0 Å². The van der Waals surface area contributed by atoms with Gasteiger partial charge >= 0.3 is 5.97 Å². The topological polar surface area (TPSA) is 37.3 Å². The zero-order valence-electron chi connectivity index (χ0n) is 6.83. The maximum atomic E-state index is 9.32. The van der Waals surface area contributed by atoms with Crippen LogP contribution in [0.3, 0.4) is 0 Å². The molecule has 2 nitrogen and oxygen atoms in total. The van der Waals surface area contributed by atoms with E-state index >= 15 is 0 Å². The van der Waals surface area contributed by atoms with Crippen LogP contribution in [0.25, 0.3) is 0 Å². The van der Waals surface area contributed by atoms with Gasteiger partial charge in [0.2, 0.25) is 0 Å². The van der Waals surface area contributed by atoms with Gasteiger partial charge in [-0.2, -0.15) is 0 Å². The number of carboxylic acid groups (broad SMARTS) is 1. The number of carboxylic acids is 1. The van der Waals surface area contributed by atoms with Crippen molar-refractivity contribution in [3.05, 3.63) is 35.9 Å². The highest BCUT2D eigenvalue weighted by Gasteiger charge is 1.83. The molecular formula is C9H11BrO2. The molecular weight excluding hydrogens is 220 g/mol. The SMILES string of the molecule is Cc1ccccc1.O=C(O)CBr. The van der Waals surface area contributed by atoms with Crippen LogP contribution in [-0.2, 0) is 4.79 Å². The highest BCUT2D eigenvalue weighted by molar-refractivity contribution is 9.09. The second kappa shape index (κ2) is 6.85. The lowest BCUT2D eigenvalue weighted by Gasteiger charge is -1.82. The van der Waals surface area contributed by atoms with Crippen LogP contribution in [0, 0.1) is 6.92 Å². The van der Waals surface area contributed by atoms with Crippen LogP contribution in [-0.4, -0.2) is 16.4 Å². The summed E-state index contributed by atoms with van der Waals surface area (Å²) in [6.45, 7) is 2.08. The Labute approximate surface area is 80.4 Å². The summed E-state index contributed by atoms with van der Waals surface area (Å²) < 4.78 is 0. The molecule has 12 heavy (non-hydrogen) atoms. The summed E-state index contributed by atoms with van der Waals surface area (Å²) in [6.07, 6.45) is 0. The van der Waals surface area contributed by atoms with E-state index in [-0.39, 0.29) is 5.33 Å². The van der Waals surface area contributed by atoms with Crippen molar-refractivity contribution in [2.24, 2.45) is 0 Å². The van der Waals surface area contributed by atoms with Gasteiger partial charge in [-0.25, -0.2) is 0 Å². The first-order chi connectivity index (χ1) is 5.66. The minimum Gasteiger partial charge on any atom is -0.481 e. The minimum absolute atomic E-state index is 0.0347. The van der Waals surface area contributed by atoms with Crippen LogP contribution < -0.4 is 0 Å². The summed E-state index contributed by atoms with van der Waals surface area (Å²) in [5.41, 5.74) is 1.32. The number of aliphatic carboxylic acids is 1. The molecule has 1 N–H and O–H groups in total. The number of hydrogen-bond donors (Lipinski definition) is 1. The van der Waals surface area contributed by atoms with Gasteiger partial charge in [-0.15, -0.1) is 0 Å². The van der Waals surface area contributed by atoms with Gasteiger partial charge in [0.15, 0.2) is 0 Å². The smallest absolute Gasteiger partial charge is 0.314 e. The second-order valence-corrected chi connectivity index (χ2v) is 2.74. The number of halogens is 1. The quantitative estimate of drug-likeness (QED) is 0.753. The molecule has 0 fully saturated rings. The van der Waals surface area contributed by atoms with Crippen LogP contribution >= 0.6 is 15.9 Å². The van der Waals surface area contributed by atoms with Gasteiger partial charge in [-0.1, -0.05) is 51.8 Å². The lowest BCUT2D eigenvalue weighted by molar-refractivity contribution is -0.133. The average Bonchev–Trinajstić information content (AvgIpc) is 2.07. The van der Waals surface area contributed by atoms with Gasteiger partial charge in [0, 0.05) is 0 Å². The summed E-state index contributed by atoms with van der Waals surface area (Å²) in [4.78, 5) is 9.32. The lowest BCUT2D eigenvalue weighted by atomic mass is 10.2. The molecule has 1 aromatic carbocycles. The van der Waals surface area contributed by atoms with Crippen LogP contribution in [0.1, 0.15) is 5.56 Å². The average molecular weight is 231 g/mol. The van der Waals surface area contributed by atoms with Crippen molar-refractivity contribution in [3.63, 3.8) is 0 Å². The van der Waals surface area contributed by atoms with E-state index in [9.17, 15) is 4.79 Å². The van der Waals surface area contributed by atoms with Gasteiger partial charge in [-0.3, -0.25) is 4.79 Å². The highest BCUT2D eigenvalue weighted by atomic mass is 79.9. The maximum Gasteiger partial charge on any atom is 0.314 e. The molecule has 0 saturated heterocycles. The highest BCUT2D eigenvalue weighted by Crippen LogP contribution is 1.92. The predicted octanol–water partition coefficient (Wildman–Crippen LogP) is 2.46. The van der Waals surface area contributed by atoms with Gasteiger partial charge < -0.3 is 5.11 Å². The second-order valence-electron chi connectivity index (χ2n) is 2.18. The lowest BCUT2D eigenvalue weighted by Crippen LogP contribution is -1.92. The summed E-state index contributed by atoms with van der Waals surface area (Å²) in [7, 11) is 0. The Kier molecular flexibility index (Phi) is 6.38. The molecule has 0 heterocycles. The fourth-order valence-electron chi connectivity index (χ4n) is 0.534. The molecule has 0 radical (unpaired) electrons. The Morgan fingerprint density at radius 1 is 1.42 bits per heavy atom. The minimum atomic E-state index is -0.829. The monoisotopic (exact) mass is 230 g/mol. The van der Waals surface area contributed by atoms with Gasteiger partial charge in [-0.05, 0) is 6.92 Å². The Hall–Kier alpha value is -0.830. The number of rotatable bonds is 1. The molecule has 1 aromatic rings.